The van der Waals surface area contributed by atoms with Crippen molar-refractivity contribution in [1.82, 2.24) is 0 Å². The van der Waals surface area contributed by atoms with E-state index in [2.05, 4.69) is 0 Å². The Labute approximate surface area is 114 Å². The number of hydrogen-bond acceptors (Lipinski definition) is 5. The maximum atomic E-state index is 12.0. The summed E-state index contributed by atoms with van der Waals surface area (Å²) in [4.78, 5) is 21.2. The minimum absolute atomic E-state index is 0.102. The van der Waals surface area contributed by atoms with E-state index in [-0.39, 0.29) is 35.2 Å². The van der Waals surface area contributed by atoms with Gasteiger partial charge in [0.2, 0.25) is 10.0 Å². The van der Waals surface area contributed by atoms with Crippen LogP contribution in [-0.2, 0) is 10.0 Å². The Morgan fingerprint density at radius 2 is 2.15 bits per heavy atom. The molecule has 0 aliphatic carbocycles. The monoisotopic (exact) mass is 300 g/mol. The summed E-state index contributed by atoms with van der Waals surface area (Å²) in [5, 5.41) is 19.9. The molecular formula is C11H12N2O6S. The maximum absolute atomic E-state index is 12.0. The number of hydrogen-bond donors (Lipinski definition) is 1. The van der Waals surface area contributed by atoms with Crippen molar-refractivity contribution in [1.29, 1.82) is 0 Å². The third kappa shape index (κ3) is 2.44. The van der Waals surface area contributed by atoms with Gasteiger partial charge in [0.05, 0.1) is 21.9 Å². The van der Waals surface area contributed by atoms with E-state index in [1.165, 1.54) is 0 Å². The molecule has 0 bridgehead atoms. The third-order valence-electron chi connectivity index (χ3n) is 3.00. The molecule has 108 valence electrons. The van der Waals surface area contributed by atoms with E-state index in [0.29, 0.717) is 0 Å². The number of nitro benzene ring substituents is 1. The molecule has 0 saturated carbocycles. The van der Waals surface area contributed by atoms with Gasteiger partial charge >= 0.3 is 5.97 Å². The van der Waals surface area contributed by atoms with Crippen LogP contribution in [0.4, 0.5) is 11.4 Å². The fourth-order valence-corrected chi connectivity index (χ4v) is 4.10. The number of nitrogens with zero attached hydrogens (tertiary/aromatic N) is 2. The highest BCUT2D eigenvalue weighted by Crippen LogP contribution is 2.32. The summed E-state index contributed by atoms with van der Waals surface area (Å²) >= 11 is 0. The van der Waals surface area contributed by atoms with Crippen LogP contribution < -0.4 is 4.31 Å². The molecular weight excluding hydrogens is 288 g/mol. The summed E-state index contributed by atoms with van der Waals surface area (Å²) in [6.45, 7) is 1.83. The molecule has 0 radical (unpaired) electrons. The van der Waals surface area contributed by atoms with E-state index in [4.69, 9.17) is 5.11 Å². The topological polar surface area (TPSA) is 118 Å². The normalized spacial score (nSPS) is 20.9. The molecule has 8 nitrogen and oxygen atoms in total. The molecule has 0 amide bonds. The largest absolute Gasteiger partial charge is 0.478 e. The molecule has 1 aliphatic heterocycles. The quantitative estimate of drug-likeness (QED) is 0.659. The highest BCUT2D eigenvalue weighted by atomic mass is 32.2. The molecule has 1 aromatic carbocycles. The number of anilines is 1. The molecule has 1 heterocycles. The van der Waals surface area contributed by atoms with Crippen molar-refractivity contribution in [3.8, 4) is 0 Å². The second-order valence-corrected chi connectivity index (χ2v) is 6.62. The van der Waals surface area contributed by atoms with Gasteiger partial charge in [-0.15, -0.1) is 0 Å². The van der Waals surface area contributed by atoms with Crippen molar-refractivity contribution in [2.24, 2.45) is 5.92 Å². The van der Waals surface area contributed by atoms with Crippen molar-refractivity contribution < 1.29 is 23.2 Å². The molecule has 1 aliphatic rings. The minimum Gasteiger partial charge on any atom is -0.478 e. The molecule has 1 aromatic rings. The van der Waals surface area contributed by atoms with Crippen LogP contribution in [0.3, 0.4) is 0 Å². The molecule has 9 heteroatoms. The van der Waals surface area contributed by atoms with Gasteiger partial charge in [0.25, 0.3) is 5.69 Å². The number of aromatic carboxylic acids is 1. The number of carbonyl (C=O) groups is 1. The molecule has 1 atom stereocenters. The van der Waals surface area contributed by atoms with Gasteiger partial charge in [-0.3, -0.25) is 14.4 Å². The molecule has 20 heavy (non-hydrogen) atoms. The van der Waals surface area contributed by atoms with Crippen LogP contribution in [0, 0.1) is 16.0 Å². The number of nitro groups is 1. The molecule has 2 rings (SSSR count). The van der Waals surface area contributed by atoms with Crippen LogP contribution >= 0.6 is 0 Å². The van der Waals surface area contributed by atoms with Gasteiger partial charge in [0.1, 0.15) is 0 Å². The minimum atomic E-state index is -3.64. The van der Waals surface area contributed by atoms with Gasteiger partial charge < -0.3 is 5.11 Å². The van der Waals surface area contributed by atoms with Crippen LogP contribution in [0.5, 0.6) is 0 Å². The summed E-state index contributed by atoms with van der Waals surface area (Å²) in [5.74, 6) is -1.60. The highest BCUT2D eigenvalue weighted by molar-refractivity contribution is 7.93. The third-order valence-corrected chi connectivity index (χ3v) is 5.01. The van der Waals surface area contributed by atoms with Crippen molar-refractivity contribution in [2.75, 3.05) is 16.6 Å². The van der Waals surface area contributed by atoms with E-state index in [9.17, 15) is 23.3 Å². The van der Waals surface area contributed by atoms with Crippen molar-refractivity contribution >= 4 is 27.4 Å². The summed E-state index contributed by atoms with van der Waals surface area (Å²) in [6.07, 6.45) is 0. The van der Waals surface area contributed by atoms with Crippen LogP contribution in [0.25, 0.3) is 0 Å². The summed E-state index contributed by atoms with van der Waals surface area (Å²) in [5.41, 5.74) is -0.774. The Morgan fingerprint density at radius 3 is 2.60 bits per heavy atom. The summed E-state index contributed by atoms with van der Waals surface area (Å²) in [7, 11) is -3.64. The first-order valence-corrected chi connectivity index (χ1v) is 7.35. The predicted octanol–water partition coefficient (Wildman–Crippen LogP) is 1.08. The van der Waals surface area contributed by atoms with Crippen LogP contribution in [-0.4, -0.2) is 36.7 Å². The van der Waals surface area contributed by atoms with Crippen molar-refractivity contribution in [3.63, 3.8) is 0 Å². The first kappa shape index (κ1) is 14.3. The summed E-state index contributed by atoms with van der Waals surface area (Å²) < 4.78 is 24.9. The fraction of sp³-hybridized carbons (Fsp3) is 0.364. The first-order valence-electron chi connectivity index (χ1n) is 5.74. The lowest BCUT2D eigenvalue weighted by molar-refractivity contribution is -0.384. The van der Waals surface area contributed by atoms with Crippen LogP contribution in [0.2, 0.25) is 0 Å². The Morgan fingerprint density at radius 1 is 1.50 bits per heavy atom. The predicted molar refractivity (Wildman–Crippen MR) is 70.4 cm³/mol. The molecule has 0 spiro atoms. The zero-order chi connectivity index (χ0) is 15.1. The molecule has 1 fully saturated rings. The number of carboxylic acids is 1. The van der Waals surface area contributed by atoms with Gasteiger partial charge in [0, 0.05) is 18.7 Å². The number of sulfonamides is 1. The lowest BCUT2D eigenvalue weighted by atomic mass is 10.1. The van der Waals surface area contributed by atoms with E-state index < -0.39 is 20.9 Å². The standard InChI is InChI=1S/C11H12N2O6S/c1-7-5-12(20(18,19)6-7)10-4-8(13(16)17)2-3-9(10)11(14)15/h2-4,7H,5-6H2,1H3,(H,14,15). The van der Waals surface area contributed by atoms with Gasteiger partial charge in [-0.05, 0) is 12.0 Å². The fourth-order valence-electron chi connectivity index (χ4n) is 2.17. The Balaban J connectivity index is 2.62. The second-order valence-electron chi connectivity index (χ2n) is 4.68. The van der Waals surface area contributed by atoms with Crippen molar-refractivity contribution in [2.45, 2.75) is 6.92 Å². The smallest absolute Gasteiger partial charge is 0.337 e. The Bertz CT molecular complexity index is 684. The van der Waals surface area contributed by atoms with E-state index in [0.717, 1.165) is 22.5 Å². The molecule has 0 aromatic heterocycles. The van der Waals surface area contributed by atoms with Crippen LogP contribution in [0.1, 0.15) is 17.3 Å². The molecule has 1 saturated heterocycles. The van der Waals surface area contributed by atoms with E-state index in [1.807, 2.05) is 0 Å². The van der Waals surface area contributed by atoms with E-state index >= 15 is 0 Å². The molecule has 1 unspecified atom stereocenters. The lowest BCUT2D eigenvalue weighted by Gasteiger charge is -2.19. The van der Waals surface area contributed by atoms with E-state index in [1.54, 1.807) is 6.92 Å². The number of rotatable bonds is 3. The zero-order valence-corrected chi connectivity index (χ0v) is 11.3. The van der Waals surface area contributed by atoms with Gasteiger partial charge in [-0.1, -0.05) is 6.92 Å². The van der Waals surface area contributed by atoms with Crippen LogP contribution in [0.15, 0.2) is 18.2 Å². The average Bonchev–Trinajstić information content (AvgIpc) is 2.61. The highest BCUT2D eigenvalue weighted by Gasteiger charge is 2.36. The Hall–Kier alpha value is -2.16. The van der Waals surface area contributed by atoms with Crippen molar-refractivity contribution in [3.05, 3.63) is 33.9 Å². The number of non-ortho nitro benzene ring substituents is 1. The maximum Gasteiger partial charge on any atom is 0.337 e. The number of carboxylic acid groups (broad SMARTS) is 1. The SMILES string of the molecule is CC1CN(c2cc([N+](=O)[O-])ccc2C(=O)O)S(=O)(=O)C1. The summed E-state index contributed by atoms with van der Waals surface area (Å²) in [6, 6.07) is 3.08. The lowest BCUT2D eigenvalue weighted by Crippen LogP contribution is -2.27. The molecule has 1 N–H and O–H groups in total. The average molecular weight is 300 g/mol. The Kier molecular flexibility index (Phi) is 3.38. The van der Waals surface area contributed by atoms with Gasteiger partial charge in [-0.2, -0.15) is 0 Å². The zero-order valence-electron chi connectivity index (χ0n) is 10.5. The first-order chi connectivity index (χ1) is 9.22. The number of benzene rings is 1. The second kappa shape index (κ2) is 4.75. The van der Waals surface area contributed by atoms with Gasteiger partial charge in [0.15, 0.2) is 0 Å². The van der Waals surface area contributed by atoms with Gasteiger partial charge in [-0.25, -0.2) is 13.2 Å².